The Morgan fingerprint density at radius 3 is 2.33 bits per heavy atom. The van der Waals surface area contributed by atoms with Crippen molar-refractivity contribution >= 4 is 14.2 Å². The van der Waals surface area contributed by atoms with Crippen LogP contribution in [0.5, 0.6) is 0 Å². The summed E-state index contributed by atoms with van der Waals surface area (Å²) in [5, 5.41) is 0. The van der Waals surface area contributed by atoms with Crippen LogP contribution in [-0.2, 0) is 0 Å². The lowest BCUT2D eigenvalue weighted by Gasteiger charge is -1.85. The summed E-state index contributed by atoms with van der Waals surface area (Å²) in [5.41, 5.74) is 2.48. The van der Waals surface area contributed by atoms with Crippen molar-refractivity contribution in [1.29, 1.82) is 0 Å². The number of rotatable bonds is 1. The van der Waals surface area contributed by atoms with Crippen molar-refractivity contribution in [3.05, 3.63) is 35.9 Å². The summed E-state index contributed by atoms with van der Waals surface area (Å²) in [4.78, 5) is 0. The van der Waals surface area contributed by atoms with Gasteiger partial charge in [0.1, 0.15) is 8.73 Å². The van der Waals surface area contributed by atoms with Crippen LogP contribution in [-0.4, -0.2) is 5.45 Å². The molecule has 0 fully saturated rings. The van der Waals surface area contributed by atoms with Gasteiger partial charge in [-0.15, -0.1) is 0 Å². The molecule has 0 saturated heterocycles. The molecule has 0 saturated carbocycles. The summed E-state index contributed by atoms with van der Waals surface area (Å²) < 4.78 is 4.06. The summed E-state index contributed by atoms with van der Waals surface area (Å²) in [6.07, 6.45) is 0. The molecule has 0 amide bonds. The van der Waals surface area contributed by atoms with Gasteiger partial charge in [-0.1, -0.05) is 30.3 Å². The molecule has 1 radical (unpaired) electrons. The summed E-state index contributed by atoms with van der Waals surface area (Å²) in [7, 11) is 1.15. The largest absolute Gasteiger partial charge is 0.245 e. The number of hydrogen-bond donors (Lipinski definition) is 0. The molecule has 2 rings (SSSR count). The standard InChI is InChI=1S/C7H5NP/c1-2-4-6(5-3-1)7-8-9-7/h1-5H. The average molecular weight is 134 g/mol. The molecule has 0 aliphatic carbocycles. The highest BCUT2D eigenvalue weighted by Gasteiger charge is 2.12. The molecule has 0 N–H and O–H groups in total. The van der Waals surface area contributed by atoms with Crippen LogP contribution in [0.1, 0.15) is 5.56 Å². The quantitative estimate of drug-likeness (QED) is 0.522. The Hall–Kier alpha value is -0.680. The Kier molecular flexibility index (Phi) is 1.10. The van der Waals surface area contributed by atoms with E-state index in [1.165, 1.54) is 11.0 Å². The van der Waals surface area contributed by atoms with Crippen molar-refractivity contribution in [2.24, 2.45) is 4.76 Å². The van der Waals surface area contributed by atoms with Crippen molar-refractivity contribution in [3.8, 4) is 0 Å². The molecule has 1 heterocycles. The predicted molar refractivity (Wildman–Crippen MR) is 39.9 cm³/mol. The van der Waals surface area contributed by atoms with Crippen molar-refractivity contribution < 1.29 is 0 Å². The first kappa shape index (κ1) is 5.13. The SMILES string of the molecule is c1ccc(C2=N[P]2)cc1. The monoisotopic (exact) mass is 134 g/mol. The van der Waals surface area contributed by atoms with Crippen LogP contribution in [0.2, 0.25) is 0 Å². The van der Waals surface area contributed by atoms with Gasteiger partial charge in [-0.25, -0.2) is 4.76 Å². The lowest BCUT2D eigenvalue weighted by atomic mass is 10.2. The maximum atomic E-state index is 4.06. The third kappa shape index (κ3) is 1.01. The molecule has 1 aromatic carbocycles. The molecule has 9 heavy (non-hydrogen) atoms. The maximum absolute atomic E-state index is 4.06. The number of benzene rings is 1. The van der Waals surface area contributed by atoms with E-state index in [0.717, 1.165) is 8.73 Å². The highest BCUT2D eigenvalue weighted by molar-refractivity contribution is 7.67. The fourth-order valence-corrected chi connectivity index (χ4v) is 1.16. The van der Waals surface area contributed by atoms with Crippen molar-refractivity contribution in [3.63, 3.8) is 0 Å². The van der Waals surface area contributed by atoms with E-state index in [1.807, 2.05) is 18.2 Å². The summed E-state index contributed by atoms with van der Waals surface area (Å²) in [5.74, 6) is 0. The van der Waals surface area contributed by atoms with Crippen LogP contribution >= 0.6 is 8.73 Å². The minimum Gasteiger partial charge on any atom is -0.245 e. The van der Waals surface area contributed by atoms with Gasteiger partial charge in [0.05, 0.1) is 5.45 Å². The Morgan fingerprint density at radius 2 is 1.78 bits per heavy atom. The molecule has 1 aliphatic heterocycles. The molecule has 43 valence electrons. The Morgan fingerprint density at radius 1 is 1.11 bits per heavy atom. The second kappa shape index (κ2) is 1.93. The van der Waals surface area contributed by atoms with E-state index in [1.54, 1.807) is 0 Å². The molecule has 0 bridgehead atoms. The van der Waals surface area contributed by atoms with E-state index in [2.05, 4.69) is 16.9 Å². The van der Waals surface area contributed by atoms with Gasteiger partial charge < -0.3 is 0 Å². The van der Waals surface area contributed by atoms with E-state index in [4.69, 9.17) is 0 Å². The lowest BCUT2D eigenvalue weighted by molar-refractivity contribution is 1.68. The maximum Gasteiger partial charge on any atom is 0.121 e. The third-order valence-corrected chi connectivity index (χ3v) is 1.89. The van der Waals surface area contributed by atoms with Crippen molar-refractivity contribution in [2.75, 3.05) is 0 Å². The van der Waals surface area contributed by atoms with Crippen LogP contribution in [0.3, 0.4) is 0 Å². The molecule has 2 heteroatoms. The topological polar surface area (TPSA) is 12.4 Å². The van der Waals surface area contributed by atoms with Gasteiger partial charge in [0.2, 0.25) is 0 Å². The van der Waals surface area contributed by atoms with Crippen molar-refractivity contribution in [1.82, 2.24) is 0 Å². The van der Waals surface area contributed by atoms with Crippen LogP contribution in [0.4, 0.5) is 0 Å². The zero-order valence-corrected chi connectivity index (χ0v) is 5.68. The van der Waals surface area contributed by atoms with Gasteiger partial charge in [-0.2, -0.15) is 0 Å². The highest BCUT2D eigenvalue weighted by Crippen LogP contribution is 2.35. The Bertz CT molecular complexity index is 240. The minimum atomic E-state index is 1.15. The third-order valence-electron chi connectivity index (χ3n) is 1.23. The minimum absolute atomic E-state index is 1.15. The number of hydrogen-bond acceptors (Lipinski definition) is 1. The van der Waals surface area contributed by atoms with Gasteiger partial charge in [0.15, 0.2) is 0 Å². The second-order valence-corrected chi connectivity index (χ2v) is 2.71. The lowest BCUT2D eigenvalue weighted by Crippen LogP contribution is -1.77. The van der Waals surface area contributed by atoms with E-state index >= 15 is 0 Å². The average Bonchev–Trinajstić information content (AvgIpc) is 2.71. The van der Waals surface area contributed by atoms with Crippen LogP contribution in [0.25, 0.3) is 0 Å². The van der Waals surface area contributed by atoms with Crippen LogP contribution in [0, 0.1) is 0 Å². The van der Waals surface area contributed by atoms with E-state index < -0.39 is 0 Å². The first-order chi connectivity index (χ1) is 4.47. The number of nitrogens with zero attached hydrogens (tertiary/aromatic N) is 1. The fourth-order valence-electron chi connectivity index (χ4n) is 0.728. The Balaban J connectivity index is 2.40. The van der Waals surface area contributed by atoms with Crippen LogP contribution in [0.15, 0.2) is 35.1 Å². The molecule has 1 aliphatic rings. The van der Waals surface area contributed by atoms with Gasteiger partial charge in [-0.3, -0.25) is 0 Å². The zero-order valence-electron chi connectivity index (χ0n) is 4.78. The van der Waals surface area contributed by atoms with Gasteiger partial charge >= 0.3 is 0 Å². The first-order valence-corrected chi connectivity index (χ1v) is 3.66. The van der Waals surface area contributed by atoms with Crippen molar-refractivity contribution in [2.45, 2.75) is 0 Å². The molecular weight excluding hydrogens is 129 g/mol. The van der Waals surface area contributed by atoms with E-state index in [9.17, 15) is 0 Å². The first-order valence-electron chi connectivity index (χ1n) is 2.81. The fraction of sp³-hybridized carbons (Fsp3) is 0. The van der Waals surface area contributed by atoms with E-state index in [0.29, 0.717) is 0 Å². The highest BCUT2D eigenvalue weighted by atomic mass is 31.1. The molecule has 0 unspecified atom stereocenters. The molecule has 0 aromatic heterocycles. The smallest absolute Gasteiger partial charge is 0.121 e. The summed E-state index contributed by atoms with van der Waals surface area (Å²) in [6.45, 7) is 0. The summed E-state index contributed by atoms with van der Waals surface area (Å²) in [6, 6.07) is 10.2. The predicted octanol–water partition coefficient (Wildman–Crippen LogP) is 2.31. The molecule has 0 atom stereocenters. The normalized spacial score (nSPS) is 17.6. The van der Waals surface area contributed by atoms with Gasteiger partial charge in [-0.05, 0) is 0 Å². The van der Waals surface area contributed by atoms with Gasteiger partial charge in [0.25, 0.3) is 0 Å². The van der Waals surface area contributed by atoms with Gasteiger partial charge in [0, 0.05) is 5.56 Å². The molecular formula is C7H5NP. The summed E-state index contributed by atoms with van der Waals surface area (Å²) >= 11 is 0. The molecule has 1 nitrogen and oxygen atoms in total. The molecule has 1 aromatic rings. The zero-order chi connectivity index (χ0) is 6.10. The van der Waals surface area contributed by atoms with Crippen LogP contribution < -0.4 is 0 Å². The van der Waals surface area contributed by atoms with E-state index in [-0.39, 0.29) is 0 Å². The second-order valence-electron chi connectivity index (χ2n) is 1.89. The molecule has 0 spiro atoms. The Labute approximate surface area is 55.7 Å².